The number of hydrogen-bond donors (Lipinski definition) is 1. The second kappa shape index (κ2) is 6.24. The van der Waals surface area contributed by atoms with Gasteiger partial charge in [0.2, 0.25) is 0 Å². The van der Waals surface area contributed by atoms with Crippen LogP contribution in [0.25, 0.3) is 0 Å². The van der Waals surface area contributed by atoms with Crippen LogP contribution in [0, 0.1) is 5.82 Å². The molecule has 0 bridgehead atoms. The average molecular weight is 360 g/mol. The van der Waals surface area contributed by atoms with Gasteiger partial charge in [0.15, 0.2) is 0 Å². The van der Waals surface area contributed by atoms with E-state index in [-0.39, 0.29) is 28.8 Å². The summed E-state index contributed by atoms with van der Waals surface area (Å²) in [6.07, 6.45) is 0. The molecule has 0 radical (unpaired) electrons. The van der Waals surface area contributed by atoms with E-state index in [2.05, 4.69) is 15.9 Å². The maximum Gasteiger partial charge on any atom is 0.341 e. The average Bonchev–Trinajstić information content (AvgIpc) is 2.37. The Balaban J connectivity index is 2.23. The molecular formula is C14H9BrClFO3. The number of carboxylic acid groups (broad SMARTS) is 1. The van der Waals surface area contributed by atoms with Crippen LogP contribution in [0.3, 0.4) is 0 Å². The van der Waals surface area contributed by atoms with Crippen molar-refractivity contribution in [2.75, 3.05) is 0 Å². The Morgan fingerprint density at radius 2 is 2.10 bits per heavy atom. The zero-order valence-electron chi connectivity index (χ0n) is 10.1. The van der Waals surface area contributed by atoms with E-state index in [9.17, 15) is 9.18 Å². The van der Waals surface area contributed by atoms with Crippen molar-refractivity contribution in [2.45, 2.75) is 6.61 Å². The molecule has 0 aromatic heterocycles. The zero-order valence-corrected chi connectivity index (χ0v) is 12.4. The maximum absolute atomic E-state index is 13.0. The van der Waals surface area contributed by atoms with Gasteiger partial charge in [-0.05, 0) is 24.3 Å². The SMILES string of the molecule is O=C(O)c1c(Cl)cccc1OCc1ccc(F)cc1Br. The normalized spacial score (nSPS) is 10.3. The molecule has 3 nitrogen and oxygen atoms in total. The molecule has 0 saturated carbocycles. The molecular weight excluding hydrogens is 351 g/mol. The number of aromatic carboxylic acids is 1. The van der Waals surface area contributed by atoms with Gasteiger partial charge < -0.3 is 9.84 Å². The summed E-state index contributed by atoms with van der Waals surface area (Å²) in [5.74, 6) is -1.36. The van der Waals surface area contributed by atoms with E-state index in [1.54, 1.807) is 12.1 Å². The molecule has 0 fully saturated rings. The fraction of sp³-hybridized carbons (Fsp3) is 0.0714. The molecule has 0 unspecified atom stereocenters. The third kappa shape index (κ3) is 3.29. The quantitative estimate of drug-likeness (QED) is 0.873. The summed E-state index contributed by atoms with van der Waals surface area (Å²) in [4.78, 5) is 11.1. The van der Waals surface area contributed by atoms with Crippen molar-refractivity contribution < 1.29 is 19.0 Å². The summed E-state index contributed by atoms with van der Waals surface area (Å²) >= 11 is 9.06. The molecule has 0 aliphatic rings. The smallest absolute Gasteiger partial charge is 0.341 e. The van der Waals surface area contributed by atoms with Crippen LogP contribution in [-0.2, 0) is 6.61 Å². The molecule has 0 atom stereocenters. The molecule has 104 valence electrons. The maximum atomic E-state index is 13.0. The van der Waals surface area contributed by atoms with Gasteiger partial charge >= 0.3 is 5.97 Å². The van der Waals surface area contributed by atoms with Gasteiger partial charge in [0.25, 0.3) is 0 Å². The lowest BCUT2D eigenvalue weighted by Gasteiger charge is -2.11. The first kappa shape index (κ1) is 14.8. The Hall–Kier alpha value is -1.59. The number of rotatable bonds is 4. The van der Waals surface area contributed by atoms with Gasteiger partial charge in [0, 0.05) is 10.0 Å². The van der Waals surface area contributed by atoms with Crippen LogP contribution in [0.5, 0.6) is 5.75 Å². The van der Waals surface area contributed by atoms with Gasteiger partial charge in [0.05, 0.1) is 5.02 Å². The minimum Gasteiger partial charge on any atom is -0.488 e. The molecule has 1 N–H and O–H groups in total. The van der Waals surface area contributed by atoms with Gasteiger partial charge in [-0.2, -0.15) is 0 Å². The van der Waals surface area contributed by atoms with Gasteiger partial charge in [-0.1, -0.05) is 39.7 Å². The van der Waals surface area contributed by atoms with E-state index in [4.69, 9.17) is 21.4 Å². The van der Waals surface area contributed by atoms with Crippen LogP contribution < -0.4 is 4.74 Å². The lowest BCUT2D eigenvalue weighted by molar-refractivity contribution is 0.0692. The molecule has 0 aliphatic heterocycles. The minimum absolute atomic E-state index is 0.0904. The summed E-state index contributed by atoms with van der Waals surface area (Å²) in [5, 5.41) is 9.22. The van der Waals surface area contributed by atoms with Crippen LogP contribution >= 0.6 is 27.5 Å². The topological polar surface area (TPSA) is 46.5 Å². The Morgan fingerprint density at radius 3 is 2.75 bits per heavy atom. The lowest BCUT2D eigenvalue weighted by atomic mass is 10.2. The first-order chi connectivity index (χ1) is 9.49. The minimum atomic E-state index is -1.16. The Kier molecular flexibility index (Phi) is 4.62. The highest BCUT2D eigenvalue weighted by Crippen LogP contribution is 2.28. The monoisotopic (exact) mass is 358 g/mol. The molecule has 6 heteroatoms. The van der Waals surface area contributed by atoms with E-state index < -0.39 is 5.97 Å². The molecule has 0 spiro atoms. The summed E-state index contributed by atoms with van der Waals surface area (Å²) in [5.41, 5.74) is 0.607. The third-order valence-electron chi connectivity index (χ3n) is 2.59. The standard InChI is InChI=1S/C14H9BrClFO3/c15-10-6-9(17)5-4-8(10)7-20-12-3-1-2-11(16)13(12)14(18)19/h1-6H,7H2,(H,18,19). The van der Waals surface area contributed by atoms with Crippen molar-refractivity contribution in [1.29, 1.82) is 0 Å². The first-order valence-electron chi connectivity index (χ1n) is 5.57. The predicted octanol–water partition coefficient (Wildman–Crippen LogP) is 4.52. The Labute approximate surface area is 128 Å². The van der Waals surface area contributed by atoms with Gasteiger partial charge in [-0.25, -0.2) is 9.18 Å². The lowest BCUT2D eigenvalue weighted by Crippen LogP contribution is -2.04. The van der Waals surface area contributed by atoms with Crippen molar-refractivity contribution in [3.05, 3.63) is 62.8 Å². The number of ether oxygens (including phenoxy) is 1. The number of halogens is 3. The Morgan fingerprint density at radius 1 is 1.35 bits per heavy atom. The number of benzene rings is 2. The van der Waals surface area contributed by atoms with E-state index in [1.165, 1.54) is 24.3 Å². The molecule has 2 rings (SSSR count). The van der Waals surface area contributed by atoms with Crippen molar-refractivity contribution in [3.8, 4) is 5.75 Å². The second-order valence-corrected chi connectivity index (χ2v) is 5.20. The molecule has 0 saturated heterocycles. The van der Waals surface area contributed by atoms with Crippen LogP contribution in [0.4, 0.5) is 4.39 Å². The van der Waals surface area contributed by atoms with Crippen molar-refractivity contribution in [1.82, 2.24) is 0 Å². The highest BCUT2D eigenvalue weighted by atomic mass is 79.9. The van der Waals surface area contributed by atoms with Crippen molar-refractivity contribution in [2.24, 2.45) is 0 Å². The van der Waals surface area contributed by atoms with Crippen molar-refractivity contribution in [3.63, 3.8) is 0 Å². The van der Waals surface area contributed by atoms with Gasteiger partial charge in [0.1, 0.15) is 23.7 Å². The third-order valence-corrected chi connectivity index (χ3v) is 3.64. The molecule has 0 aliphatic carbocycles. The van der Waals surface area contributed by atoms with Crippen LogP contribution in [0.1, 0.15) is 15.9 Å². The summed E-state index contributed by atoms with van der Waals surface area (Å²) in [6.45, 7) is 0.0987. The fourth-order valence-corrected chi connectivity index (χ4v) is 2.34. The predicted molar refractivity (Wildman–Crippen MR) is 76.8 cm³/mol. The first-order valence-corrected chi connectivity index (χ1v) is 6.74. The molecule has 0 heterocycles. The van der Waals surface area contributed by atoms with E-state index in [0.717, 1.165) is 0 Å². The molecule has 2 aromatic carbocycles. The van der Waals surface area contributed by atoms with Crippen LogP contribution in [0.2, 0.25) is 5.02 Å². The number of carboxylic acids is 1. The number of carbonyl (C=O) groups is 1. The van der Waals surface area contributed by atoms with E-state index in [1.807, 2.05) is 0 Å². The van der Waals surface area contributed by atoms with Crippen LogP contribution in [-0.4, -0.2) is 11.1 Å². The Bertz CT molecular complexity index is 661. The molecule has 2 aromatic rings. The van der Waals surface area contributed by atoms with E-state index >= 15 is 0 Å². The fourth-order valence-electron chi connectivity index (χ4n) is 1.63. The zero-order chi connectivity index (χ0) is 14.7. The highest BCUT2D eigenvalue weighted by molar-refractivity contribution is 9.10. The summed E-state index contributed by atoms with van der Waals surface area (Å²) in [7, 11) is 0. The highest BCUT2D eigenvalue weighted by Gasteiger charge is 2.15. The molecule has 20 heavy (non-hydrogen) atoms. The van der Waals surface area contributed by atoms with Gasteiger partial charge in [-0.15, -0.1) is 0 Å². The van der Waals surface area contributed by atoms with Crippen LogP contribution in [0.15, 0.2) is 40.9 Å². The number of hydrogen-bond acceptors (Lipinski definition) is 2. The molecule has 0 amide bonds. The summed E-state index contributed by atoms with van der Waals surface area (Å²) in [6, 6.07) is 8.78. The van der Waals surface area contributed by atoms with E-state index in [0.29, 0.717) is 10.0 Å². The summed E-state index contributed by atoms with van der Waals surface area (Å²) < 4.78 is 19.0. The van der Waals surface area contributed by atoms with Gasteiger partial charge in [-0.3, -0.25) is 0 Å². The second-order valence-electron chi connectivity index (χ2n) is 3.94. The largest absolute Gasteiger partial charge is 0.488 e. The van der Waals surface area contributed by atoms with Crippen molar-refractivity contribution >= 4 is 33.5 Å².